The molecule has 0 aromatic carbocycles. The molecule has 0 aliphatic carbocycles. The maximum absolute atomic E-state index is 11.2. The fourth-order valence-electron chi connectivity index (χ4n) is 0.499. The summed E-state index contributed by atoms with van der Waals surface area (Å²) in [5, 5.41) is 0. The van der Waals surface area contributed by atoms with E-state index in [9.17, 15) is 4.79 Å². The predicted molar refractivity (Wildman–Crippen MR) is 45.0 cm³/mol. The van der Waals surface area contributed by atoms with Crippen LogP contribution in [0.3, 0.4) is 0 Å². The van der Waals surface area contributed by atoms with Crippen LogP contribution in [0.25, 0.3) is 0 Å². The second kappa shape index (κ2) is 4.37. The van der Waals surface area contributed by atoms with Gasteiger partial charge < -0.3 is 4.74 Å². The van der Waals surface area contributed by atoms with Crippen LogP contribution in [0.5, 0.6) is 0 Å². The molecule has 1 radical (unpaired) electrons. The first-order valence-corrected chi connectivity index (χ1v) is 3.99. The number of rotatable bonds is 4. The van der Waals surface area contributed by atoms with E-state index in [1.807, 2.05) is 34.1 Å². The van der Waals surface area contributed by atoms with Gasteiger partial charge in [-0.2, -0.15) is 0 Å². The largest absolute Gasteiger partial charge is 0.465 e. The van der Waals surface area contributed by atoms with Crippen molar-refractivity contribution in [2.45, 2.75) is 34.1 Å². The van der Waals surface area contributed by atoms with Gasteiger partial charge in [-0.1, -0.05) is 13.8 Å². The molecule has 0 bridgehead atoms. The van der Waals surface area contributed by atoms with Gasteiger partial charge in [0, 0.05) is 0 Å². The molecule has 0 amide bonds. The molecule has 0 heterocycles. The van der Waals surface area contributed by atoms with Crippen LogP contribution in [0.1, 0.15) is 34.1 Å². The van der Waals surface area contributed by atoms with E-state index in [-0.39, 0.29) is 11.4 Å². The van der Waals surface area contributed by atoms with Crippen LogP contribution in [0.15, 0.2) is 0 Å². The average Bonchev–Trinajstić information content (AvgIpc) is 2.00. The molecular formula is C9H17O2. The number of esters is 1. The summed E-state index contributed by atoms with van der Waals surface area (Å²) in [6, 6.07) is 0. The molecule has 0 fully saturated rings. The van der Waals surface area contributed by atoms with Crippen molar-refractivity contribution in [2.75, 3.05) is 6.61 Å². The summed E-state index contributed by atoms with van der Waals surface area (Å²) in [6.45, 7) is 8.06. The molecule has 0 atom stereocenters. The molecule has 2 heteroatoms. The van der Waals surface area contributed by atoms with Crippen LogP contribution in [-0.2, 0) is 9.53 Å². The van der Waals surface area contributed by atoms with Crippen molar-refractivity contribution in [1.29, 1.82) is 0 Å². The van der Waals surface area contributed by atoms with E-state index in [0.717, 1.165) is 6.42 Å². The lowest BCUT2D eigenvalue weighted by Gasteiger charge is -2.19. The van der Waals surface area contributed by atoms with Crippen LogP contribution in [0.4, 0.5) is 0 Å². The monoisotopic (exact) mass is 157 g/mol. The van der Waals surface area contributed by atoms with E-state index in [1.54, 1.807) is 0 Å². The Labute approximate surface area is 68.9 Å². The lowest BCUT2D eigenvalue weighted by Crippen LogP contribution is -2.25. The predicted octanol–water partition coefficient (Wildman–Crippen LogP) is 2.19. The van der Waals surface area contributed by atoms with Crippen molar-refractivity contribution in [2.24, 2.45) is 5.41 Å². The van der Waals surface area contributed by atoms with Gasteiger partial charge in [-0.3, -0.25) is 4.79 Å². The third-order valence-corrected chi connectivity index (χ3v) is 1.82. The Morgan fingerprint density at radius 3 is 2.45 bits per heavy atom. The summed E-state index contributed by atoms with van der Waals surface area (Å²) in [6.07, 6.45) is 2.64. The quantitative estimate of drug-likeness (QED) is 0.585. The molecule has 0 aliphatic rings. The van der Waals surface area contributed by atoms with Gasteiger partial charge in [-0.15, -0.1) is 0 Å². The highest BCUT2D eigenvalue weighted by Crippen LogP contribution is 2.21. The Morgan fingerprint density at radius 2 is 2.09 bits per heavy atom. The first-order valence-electron chi connectivity index (χ1n) is 3.99. The minimum Gasteiger partial charge on any atom is -0.465 e. The lowest BCUT2D eigenvalue weighted by molar-refractivity contribution is -0.153. The molecule has 0 aliphatic heterocycles. The Kier molecular flexibility index (Phi) is 4.16. The molecule has 0 aromatic heterocycles. The molecular weight excluding hydrogens is 140 g/mol. The van der Waals surface area contributed by atoms with Crippen LogP contribution < -0.4 is 0 Å². The van der Waals surface area contributed by atoms with Gasteiger partial charge in [0.25, 0.3) is 0 Å². The fourth-order valence-corrected chi connectivity index (χ4v) is 0.499. The van der Waals surface area contributed by atoms with Gasteiger partial charge in [-0.05, 0) is 26.7 Å². The molecule has 0 rings (SSSR count). The van der Waals surface area contributed by atoms with Gasteiger partial charge in [-0.25, -0.2) is 0 Å². The van der Waals surface area contributed by atoms with Crippen LogP contribution in [0.2, 0.25) is 0 Å². The summed E-state index contributed by atoms with van der Waals surface area (Å²) in [5.74, 6) is -0.113. The van der Waals surface area contributed by atoms with E-state index >= 15 is 0 Å². The fraction of sp³-hybridized carbons (Fsp3) is 0.778. The topological polar surface area (TPSA) is 26.3 Å². The second-order valence-electron chi connectivity index (χ2n) is 3.24. The highest BCUT2D eigenvalue weighted by molar-refractivity contribution is 5.75. The average molecular weight is 157 g/mol. The summed E-state index contributed by atoms with van der Waals surface area (Å²) in [4.78, 5) is 11.2. The van der Waals surface area contributed by atoms with Crippen molar-refractivity contribution < 1.29 is 9.53 Å². The van der Waals surface area contributed by atoms with Gasteiger partial charge >= 0.3 is 5.97 Å². The van der Waals surface area contributed by atoms with Crippen LogP contribution in [-0.4, -0.2) is 12.6 Å². The highest BCUT2D eigenvalue weighted by Gasteiger charge is 2.26. The summed E-state index contributed by atoms with van der Waals surface area (Å²) < 4.78 is 4.95. The first-order chi connectivity index (χ1) is 5.04. The van der Waals surface area contributed by atoms with E-state index in [4.69, 9.17) is 4.74 Å². The zero-order valence-electron chi connectivity index (χ0n) is 7.81. The smallest absolute Gasteiger partial charge is 0.311 e. The molecule has 0 saturated carbocycles. The first kappa shape index (κ1) is 10.5. The molecule has 65 valence electrons. The highest BCUT2D eigenvalue weighted by atomic mass is 16.5. The summed E-state index contributed by atoms with van der Waals surface area (Å²) in [5.41, 5.74) is -0.330. The summed E-state index contributed by atoms with van der Waals surface area (Å²) in [7, 11) is 0. The number of hydrogen-bond acceptors (Lipinski definition) is 2. The van der Waals surface area contributed by atoms with Crippen molar-refractivity contribution in [1.82, 2.24) is 0 Å². The zero-order valence-corrected chi connectivity index (χ0v) is 7.81. The Bertz CT molecular complexity index is 128. The van der Waals surface area contributed by atoms with E-state index < -0.39 is 0 Å². The molecule has 0 saturated heterocycles. The zero-order chi connectivity index (χ0) is 8.91. The maximum Gasteiger partial charge on any atom is 0.311 e. The third kappa shape index (κ3) is 3.40. The van der Waals surface area contributed by atoms with Gasteiger partial charge in [0.05, 0.1) is 12.0 Å². The Hall–Kier alpha value is -0.530. The molecule has 0 unspecified atom stereocenters. The van der Waals surface area contributed by atoms with E-state index in [2.05, 4.69) is 0 Å². The van der Waals surface area contributed by atoms with Gasteiger partial charge in [0.1, 0.15) is 0 Å². The number of carbonyl (C=O) groups is 1. The Morgan fingerprint density at radius 1 is 1.55 bits per heavy atom. The maximum atomic E-state index is 11.2. The van der Waals surface area contributed by atoms with Crippen molar-refractivity contribution in [3.63, 3.8) is 0 Å². The number of carbonyl (C=O) groups excluding carboxylic acids is 1. The van der Waals surface area contributed by atoms with Crippen LogP contribution in [0, 0.1) is 11.8 Å². The molecule has 0 spiro atoms. The number of hydrogen-bond donors (Lipinski definition) is 0. The minimum atomic E-state index is -0.330. The van der Waals surface area contributed by atoms with Crippen molar-refractivity contribution in [3.8, 4) is 0 Å². The van der Waals surface area contributed by atoms with Crippen molar-refractivity contribution >= 4 is 5.97 Å². The molecule has 11 heavy (non-hydrogen) atoms. The second-order valence-corrected chi connectivity index (χ2v) is 3.24. The third-order valence-electron chi connectivity index (χ3n) is 1.82. The normalized spacial score (nSPS) is 11.3. The van der Waals surface area contributed by atoms with Gasteiger partial charge in [0.15, 0.2) is 0 Å². The van der Waals surface area contributed by atoms with Crippen molar-refractivity contribution in [3.05, 3.63) is 6.42 Å². The van der Waals surface area contributed by atoms with Gasteiger partial charge in [0.2, 0.25) is 0 Å². The van der Waals surface area contributed by atoms with E-state index in [1.165, 1.54) is 0 Å². The SMILES string of the molecule is C[CH]COC(=O)C(C)(C)CC. The Balaban J connectivity index is 3.82. The van der Waals surface area contributed by atoms with E-state index in [0.29, 0.717) is 6.61 Å². The molecule has 2 nitrogen and oxygen atoms in total. The standard InChI is InChI=1S/C9H17O2/c1-5-7-11-8(10)9(3,4)6-2/h5H,6-7H2,1-4H3. The lowest BCUT2D eigenvalue weighted by atomic mass is 9.91. The molecule has 0 N–H and O–H groups in total. The number of ether oxygens (including phenoxy) is 1. The minimum absolute atomic E-state index is 0.113. The van der Waals surface area contributed by atoms with Crippen LogP contribution >= 0.6 is 0 Å². The summed E-state index contributed by atoms with van der Waals surface area (Å²) >= 11 is 0. The molecule has 0 aromatic rings.